The van der Waals surface area contributed by atoms with Crippen molar-refractivity contribution in [3.63, 3.8) is 0 Å². The van der Waals surface area contributed by atoms with Crippen LogP contribution in [0.5, 0.6) is 0 Å². The zero-order valence-electron chi connectivity index (χ0n) is 12.9. The van der Waals surface area contributed by atoms with Gasteiger partial charge in [0.05, 0.1) is 11.3 Å². The number of aliphatic hydroxyl groups is 1. The summed E-state index contributed by atoms with van der Waals surface area (Å²) in [5.74, 6) is -0.584. The van der Waals surface area contributed by atoms with Gasteiger partial charge in [0.1, 0.15) is 11.4 Å². The van der Waals surface area contributed by atoms with Gasteiger partial charge in [-0.3, -0.25) is 4.79 Å². The lowest BCUT2D eigenvalue weighted by molar-refractivity contribution is 0.0245. The monoisotopic (exact) mass is 332 g/mol. The van der Waals surface area contributed by atoms with E-state index in [0.29, 0.717) is 40.0 Å². The van der Waals surface area contributed by atoms with Gasteiger partial charge in [0.25, 0.3) is 0 Å². The fourth-order valence-electron chi connectivity index (χ4n) is 2.61. The molecule has 0 saturated carbocycles. The molecule has 0 spiro atoms. The highest BCUT2D eigenvalue weighted by Crippen LogP contribution is 2.31. The van der Waals surface area contributed by atoms with Crippen LogP contribution < -0.4 is 0 Å². The van der Waals surface area contributed by atoms with Crippen LogP contribution in [0.25, 0.3) is 10.9 Å². The van der Waals surface area contributed by atoms with E-state index in [9.17, 15) is 14.3 Å². The smallest absolute Gasteiger partial charge is 0.223 e. The molecule has 0 amide bonds. The predicted molar refractivity (Wildman–Crippen MR) is 88.3 cm³/mol. The molecule has 0 aliphatic heterocycles. The quantitative estimate of drug-likeness (QED) is 0.694. The number of rotatable bonds is 5. The highest BCUT2D eigenvalue weighted by Gasteiger charge is 2.29. The lowest BCUT2D eigenvalue weighted by atomic mass is 9.94. The molecule has 0 aliphatic carbocycles. The first-order chi connectivity index (χ1) is 11.0. The molecule has 2 N–H and O–H groups in total. The summed E-state index contributed by atoms with van der Waals surface area (Å²) >= 11 is 1.22. The molecule has 3 aromatic rings. The minimum atomic E-state index is -1.00. The van der Waals surface area contributed by atoms with Gasteiger partial charge < -0.3 is 10.1 Å². The van der Waals surface area contributed by atoms with E-state index in [1.54, 1.807) is 17.6 Å². The van der Waals surface area contributed by atoms with E-state index in [1.165, 1.54) is 23.5 Å². The summed E-state index contributed by atoms with van der Waals surface area (Å²) in [5.41, 5.74) is 0.557. The summed E-state index contributed by atoms with van der Waals surface area (Å²) < 4.78 is 13.2. The number of benzene rings is 1. The maximum absolute atomic E-state index is 13.2. The van der Waals surface area contributed by atoms with Crippen molar-refractivity contribution >= 4 is 28.0 Å². The van der Waals surface area contributed by atoms with Crippen molar-refractivity contribution in [3.8, 4) is 0 Å². The van der Waals surface area contributed by atoms with Crippen LogP contribution in [0.3, 0.4) is 0 Å². The number of halogens is 1. The highest BCUT2D eigenvalue weighted by atomic mass is 32.1. The number of aromatic amines is 1. The third kappa shape index (κ3) is 2.68. The summed E-state index contributed by atoms with van der Waals surface area (Å²) in [4.78, 5) is 19.9. The Morgan fingerprint density at radius 2 is 2.13 bits per heavy atom. The second kappa shape index (κ2) is 5.86. The maximum Gasteiger partial charge on any atom is 0.223 e. The highest BCUT2D eigenvalue weighted by molar-refractivity contribution is 7.12. The molecule has 6 heteroatoms. The van der Waals surface area contributed by atoms with Crippen LogP contribution in [0.4, 0.5) is 4.39 Å². The Morgan fingerprint density at radius 1 is 1.39 bits per heavy atom. The largest absolute Gasteiger partial charge is 0.384 e. The van der Waals surface area contributed by atoms with Gasteiger partial charge in [0.2, 0.25) is 5.78 Å². The zero-order chi connectivity index (χ0) is 16.6. The summed E-state index contributed by atoms with van der Waals surface area (Å²) in [6.45, 7) is 3.77. The molecule has 2 aromatic heterocycles. The fourth-order valence-corrected chi connectivity index (χ4v) is 3.47. The molecule has 0 saturated heterocycles. The number of aromatic nitrogens is 2. The molecule has 4 nitrogen and oxygen atoms in total. The first kappa shape index (κ1) is 15.8. The van der Waals surface area contributed by atoms with Gasteiger partial charge in [0.15, 0.2) is 5.01 Å². The summed E-state index contributed by atoms with van der Waals surface area (Å²) in [5, 5.41) is 13.2. The molecule has 2 heterocycles. The maximum atomic E-state index is 13.2. The Labute approximate surface area is 137 Å². The van der Waals surface area contributed by atoms with Gasteiger partial charge in [0, 0.05) is 22.5 Å². The molecule has 3 rings (SSSR count). The van der Waals surface area contributed by atoms with E-state index >= 15 is 0 Å². The Balaban J connectivity index is 1.99. The second-order valence-electron chi connectivity index (χ2n) is 5.50. The molecule has 0 bridgehead atoms. The van der Waals surface area contributed by atoms with Crippen molar-refractivity contribution < 1.29 is 14.3 Å². The Bertz CT molecular complexity index is 864. The van der Waals surface area contributed by atoms with Crippen LogP contribution >= 0.6 is 11.3 Å². The molecule has 0 atom stereocenters. The van der Waals surface area contributed by atoms with E-state index < -0.39 is 5.60 Å². The van der Waals surface area contributed by atoms with Gasteiger partial charge in [-0.15, -0.1) is 11.3 Å². The molecule has 0 unspecified atom stereocenters. The van der Waals surface area contributed by atoms with E-state index in [4.69, 9.17) is 0 Å². The van der Waals surface area contributed by atoms with Crippen molar-refractivity contribution in [3.05, 3.63) is 51.9 Å². The number of carbonyl (C=O) groups is 1. The topological polar surface area (TPSA) is 66.0 Å². The van der Waals surface area contributed by atoms with E-state index in [-0.39, 0.29) is 11.6 Å². The van der Waals surface area contributed by atoms with Gasteiger partial charge >= 0.3 is 0 Å². The molecule has 0 fully saturated rings. The van der Waals surface area contributed by atoms with Crippen molar-refractivity contribution in [1.82, 2.24) is 9.97 Å². The number of fused-ring (bicyclic) bond motifs is 1. The summed E-state index contributed by atoms with van der Waals surface area (Å²) in [6, 6.07) is 4.26. The number of thiazole rings is 1. The van der Waals surface area contributed by atoms with Crippen LogP contribution in [0.2, 0.25) is 0 Å². The van der Waals surface area contributed by atoms with Gasteiger partial charge in [-0.2, -0.15) is 0 Å². The van der Waals surface area contributed by atoms with E-state index in [0.717, 1.165) is 0 Å². The molecule has 0 radical (unpaired) electrons. The first-order valence-electron chi connectivity index (χ1n) is 7.48. The van der Waals surface area contributed by atoms with E-state index in [1.807, 2.05) is 13.8 Å². The number of hydrogen-bond acceptors (Lipinski definition) is 4. The zero-order valence-corrected chi connectivity index (χ0v) is 13.7. The van der Waals surface area contributed by atoms with Crippen LogP contribution in [-0.4, -0.2) is 20.9 Å². The minimum absolute atomic E-state index is 0.228. The number of carbonyl (C=O) groups excluding carboxylic acids is 1. The third-order valence-corrected chi connectivity index (χ3v) is 5.07. The molecular weight excluding hydrogens is 315 g/mol. The number of H-pyrrole nitrogens is 1. The SMILES string of the molecule is CCC(O)(CC)c1csc(C(=O)c2c[nH]c3cc(F)ccc23)n1. The number of nitrogens with zero attached hydrogens (tertiary/aromatic N) is 1. The predicted octanol–water partition coefficient (Wildman–Crippen LogP) is 4.00. The molecule has 23 heavy (non-hydrogen) atoms. The Kier molecular flexibility index (Phi) is 4.04. The summed E-state index contributed by atoms with van der Waals surface area (Å²) in [7, 11) is 0. The molecule has 0 aliphatic rings. The van der Waals surface area contributed by atoms with Crippen LogP contribution in [-0.2, 0) is 5.60 Å². The lowest BCUT2D eigenvalue weighted by Crippen LogP contribution is -2.24. The molecular formula is C17H17FN2O2S. The number of ketones is 1. The van der Waals surface area contributed by atoms with Gasteiger partial charge in [-0.05, 0) is 31.0 Å². The third-order valence-electron chi connectivity index (χ3n) is 4.23. The van der Waals surface area contributed by atoms with Crippen molar-refractivity contribution in [1.29, 1.82) is 0 Å². The Hall–Kier alpha value is -2.05. The average Bonchev–Trinajstić information content (AvgIpc) is 3.20. The van der Waals surface area contributed by atoms with Gasteiger partial charge in [-0.1, -0.05) is 13.8 Å². The molecule has 1 aromatic carbocycles. The van der Waals surface area contributed by atoms with Gasteiger partial charge in [-0.25, -0.2) is 9.37 Å². The Morgan fingerprint density at radius 3 is 2.83 bits per heavy atom. The normalized spacial score (nSPS) is 12.0. The second-order valence-corrected chi connectivity index (χ2v) is 6.36. The van der Waals surface area contributed by atoms with Crippen molar-refractivity contribution in [2.75, 3.05) is 0 Å². The molecule has 120 valence electrons. The van der Waals surface area contributed by atoms with E-state index in [2.05, 4.69) is 9.97 Å². The number of nitrogens with one attached hydrogen (secondary N) is 1. The lowest BCUT2D eigenvalue weighted by Gasteiger charge is -2.22. The van der Waals surface area contributed by atoms with Crippen LogP contribution in [0, 0.1) is 5.82 Å². The fraction of sp³-hybridized carbons (Fsp3) is 0.294. The van der Waals surface area contributed by atoms with Crippen molar-refractivity contribution in [2.24, 2.45) is 0 Å². The standard InChI is InChI=1S/C17H17FN2O2S/c1-3-17(22,4-2)14-9-23-16(20-14)15(21)12-8-19-13-7-10(18)5-6-11(12)13/h5-9,19,22H,3-4H2,1-2H3. The van der Waals surface area contributed by atoms with Crippen molar-refractivity contribution in [2.45, 2.75) is 32.3 Å². The van der Waals surface area contributed by atoms with Crippen LogP contribution in [0.15, 0.2) is 29.8 Å². The van der Waals surface area contributed by atoms with Crippen LogP contribution in [0.1, 0.15) is 47.7 Å². The minimum Gasteiger partial charge on any atom is -0.384 e. The summed E-state index contributed by atoms with van der Waals surface area (Å²) in [6.07, 6.45) is 2.64. The number of hydrogen-bond donors (Lipinski definition) is 2. The average molecular weight is 332 g/mol. The first-order valence-corrected chi connectivity index (χ1v) is 8.36.